The van der Waals surface area contributed by atoms with Crippen molar-refractivity contribution in [1.82, 2.24) is 19.6 Å². The Morgan fingerprint density at radius 2 is 0.569 bits per heavy atom. The molecule has 51 heavy (non-hydrogen) atoms. The fraction of sp³-hybridized carbons (Fsp3) is 0.447. The Bertz CT molecular complexity index is 2280. The smallest absolute Gasteiger partial charge is 0.0778 e. The van der Waals surface area contributed by atoms with Crippen LogP contribution in [0.5, 0.6) is 0 Å². The van der Waals surface area contributed by atoms with Crippen molar-refractivity contribution >= 4 is 21.8 Å². The standard InChI is InChI=1S/C47H60N4/c1-21-23(3)31(11)45-39(25(21)5)37(17)48-50(45)43-33(13)27(7)41(28(8)34(43)14)47(19,20)42-29(9)35(15)44(36(16)30(42)10)51-46-32(12)24(4)22(2)26(6)40(46)38(18)49-51/h1-20H3. The van der Waals surface area contributed by atoms with Gasteiger partial charge >= 0.3 is 0 Å². The first-order valence-electron chi connectivity index (χ1n) is 18.7. The lowest BCUT2D eigenvalue weighted by Crippen LogP contribution is -2.27. The van der Waals surface area contributed by atoms with Gasteiger partial charge in [0.1, 0.15) is 0 Å². The molecule has 0 bridgehead atoms. The average molecular weight is 681 g/mol. The highest BCUT2D eigenvalue weighted by Gasteiger charge is 2.35. The Labute approximate surface area is 307 Å². The van der Waals surface area contributed by atoms with E-state index in [0.717, 1.165) is 11.4 Å². The van der Waals surface area contributed by atoms with E-state index in [1.807, 2.05) is 0 Å². The summed E-state index contributed by atoms with van der Waals surface area (Å²) in [6.45, 7) is 45.8. The van der Waals surface area contributed by atoms with E-state index in [1.165, 1.54) is 133 Å². The Balaban J connectivity index is 1.61. The molecule has 2 heterocycles. The molecule has 4 heteroatoms. The number of aromatic nitrogens is 4. The van der Waals surface area contributed by atoms with Crippen LogP contribution in [0.4, 0.5) is 0 Å². The molecule has 4 aromatic carbocycles. The third-order valence-electron chi connectivity index (χ3n) is 13.8. The van der Waals surface area contributed by atoms with Gasteiger partial charge in [0.2, 0.25) is 0 Å². The van der Waals surface area contributed by atoms with Crippen molar-refractivity contribution in [3.8, 4) is 11.4 Å². The van der Waals surface area contributed by atoms with Crippen LogP contribution < -0.4 is 0 Å². The molecule has 0 aliphatic heterocycles. The SMILES string of the molecule is Cc1c(C)c(C(C)(C)c2c(C)c(C)c(-n3nc(C)c4c(C)c(C)c(C)c(C)c43)c(C)c2C)c(C)c(C)c1-n1nc(C)c2c(C)c(C)c(C)c(C)c21. The van der Waals surface area contributed by atoms with Crippen LogP contribution in [-0.4, -0.2) is 19.6 Å². The predicted molar refractivity (Wildman–Crippen MR) is 220 cm³/mol. The molecule has 0 saturated heterocycles. The summed E-state index contributed by atoms with van der Waals surface area (Å²) in [5.41, 5.74) is 31.1. The summed E-state index contributed by atoms with van der Waals surface area (Å²) >= 11 is 0. The monoisotopic (exact) mass is 680 g/mol. The first kappa shape index (κ1) is 36.6. The summed E-state index contributed by atoms with van der Waals surface area (Å²) in [5, 5.41) is 13.1. The number of fused-ring (bicyclic) bond motifs is 2. The minimum Gasteiger partial charge on any atom is -0.232 e. The summed E-state index contributed by atoms with van der Waals surface area (Å²) in [5.74, 6) is 0. The highest BCUT2D eigenvalue weighted by Crippen LogP contribution is 2.46. The quantitative estimate of drug-likeness (QED) is 0.186. The topological polar surface area (TPSA) is 35.6 Å². The third-order valence-corrected chi connectivity index (χ3v) is 13.8. The lowest BCUT2D eigenvalue weighted by Gasteiger charge is -2.36. The molecule has 268 valence electrons. The summed E-state index contributed by atoms with van der Waals surface area (Å²) in [6.07, 6.45) is 0. The van der Waals surface area contributed by atoms with E-state index >= 15 is 0 Å². The van der Waals surface area contributed by atoms with Crippen LogP contribution in [0.2, 0.25) is 0 Å². The number of rotatable bonds is 4. The number of hydrogen-bond donors (Lipinski definition) is 0. The maximum absolute atomic E-state index is 5.26. The zero-order chi connectivity index (χ0) is 38.1. The molecule has 0 amide bonds. The van der Waals surface area contributed by atoms with Crippen molar-refractivity contribution in [1.29, 1.82) is 0 Å². The van der Waals surface area contributed by atoms with Gasteiger partial charge in [-0.05, 0) is 225 Å². The maximum atomic E-state index is 5.26. The van der Waals surface area contributed by atoms with Crippen LogP contribution >= 0.6 is 0 Å². The third kappa shape index (κ3) is 4.77. The molecule has 2 aromatic heterocycles. The van der Waals surface area contributed by atoms with Gasteiger partial charge in [0.25, 0.3) is 0 Å². The van der Waals surface area contributed by atoms with E-state index in [2.05, 4.69) is 148 Å². The van der Waals surface area contributed by atoms with Gasteiger partial charge in [0.05, 0.1) is 33.8 Å². The van der Waals surface area contributed by atoms with E-state index in [9.17, 15) is 0 Å². The van der Waals surface area contributed by atoms with E-state index in [1.54, 1.807) is 0 Å². The fourth-order valence-electron chi connectivity index (χ4n) is 10.0. The van der Waals surface area contributed by atoms with Gasteiger partial charge in [-0.2, -0.15) is 10.2 Å². The molecule has 0 saturated carbocycles. The first-order valence-corrected chi connectivity index (χ1v) is 18.7. The van der Waals surface area contributed by atoms with Crippen molar-refractivity contribution in [2.45, 2.75) is 144 Å². The van der Waals surface area contributed by atoms with Gasteiger partial charge in [-0.1, -0.05) is 13.8 Å². The average Bonchev–Trinajstić information content (AvgIpc) is 3.59. The number of aryl methyl sites for hydroxylation is 6. The van der Waals surface area contributed by atoms with Crippen LogP contribution in [0.1, 0.15) is 125 Å². The molecule has 0 aliphatic carbocycles. The van der Waals surface area contributed by atoms with E-state index in [4.69, 9.17) is 10.2 Å². The van der Waals surface area contributed by atoms with Crippen LogP contribution in [0.3, 0.4) is 0 Å². The van der Waals surface area contributed by atoms with Gasteiger partial charge < -0.3 is 0 Å². The van der Waals surface area contributed by atoms with Crippen LogP contribution in [0.25, 0.3) is 33.2 Å². The normalized spacial score (nSPS) is 12.3. The van der Waals surface area contributed by atoms with Gasteiger partial charge in [-0.25, -0.2) is 9.36 Å². The Morgan fingerprint density at radius 3 is 0.843 bits per heavy atom. The molecule has 0 spiro atoms. The van der Waals surface area contributed by atoms with E-state index < -0.39 is 0 Å². The molecule has 0 N–H and O–H groups in total. The second-order valence-corrected chi connectivity index (χ2v) is 16.5. The lowest BCUT2D eigenvalue weighted by atomic mass is 9.68. The van der Waals surface area contributed by atoms with Gasteiger partial charge in [-0.3, -0.25) is 0 Å². The molecule has 0 fully saturated rings. The highest BCUT2D eigenvalue weighted by atomic mass is 15.3. The van der Waals surface area contributed by atoms with Crippen LogP contribution in [0, 0.1) is 125 Å². The number of hydrogen-bond acceptors (Lipinski definition) is 2. The van der Waals surface area contributed by atoms with Crippen molar-refractivity contribution in [2.75, 3.05) is 0 Å². The van der Waals surface area contributed by atoms with E-state index in [-0.39, 0.29) is 5.41 Å². The van der Waals surface area contributed by atoms with Gasteiger partial charge in [-0.15, -0.1) is 0 Å². The molecular weight excluding hydrogens is 621 g/mol. The number of benzene rings is 4. The Hall–Kier alpha value is -4.18. The summed E-state index contributed by atoms with van der Waals surface area (Å²) in [6, 6.07) is 0. The predicted octanol–water partition coefficient (Wildman–Crippen LogP) is 12.2. The summed E-state index contributed by atoms with van der Waals surface area (Å²) < 4.78 is 4.54. The molecule has 0 unspecified atom stereocenters. The second-order valence-electron chi connectivity index (χ2n) is 16.5. The lowest BCUT2D eigenvalue weighted by molar-refractivity contribution is 0.616. The molecule has 0 aliphatic rings. The Kier molecular flexibility index (Phi) is 8.57. The number of nitrogens with zero attached hydrogens (tertiary/aromatic N) is 4. The maximum Gasteiger partial charge on any atom is 0.0778 e. The zero-order valence-electron chi connectivity index (χ0n) is 35.3. The zero-order valence-corrected chi connectivity index (χ0v) is 35.3. The molecule has 0 radical (unpaired) electrons. The first-order chi connectivity index (χ1) is 23.6. The molecule has 4 nitrogen and oxygen atoms in total. The molecule has 6 aromatic rings. The molecule has 6 rings (SSSR count). The fourth-order valence-corrected chi connectivity index (χ4v) is 10.0. The van der Waals surface area contributed by atoms with E-state index in [0.29, 0.717) is 0 Å². The van der Waals surface area contributed by atoms with Gasteiger partial charge in [0, 0.05) is 16.2 Å². The second kappa shape index (κ2) is 11.9. The molecular formula is C47H60N4. The van der Waals surface area contributed by atoms with Crippen LogP contribution in [0.15, 0.2) is 0 Å². The minimum absolute atomic E-state index is 0.241. The summed E-state index contributed by atoms with van der Waals surface area (Å²) in [7, 11) is 0. The van der Waals surface area contributed by atoms with Crippen molar-refractivity contribution in [3.05, 3.63) is 112 Å². The molecule has 0 atom stereocenters. The van der Waals surface area contributed by atoms with Crippen LogP contribution in [-0.2, 0) is 5.41 Å². The van der Waals surface area contributed by atoms with Crippen molar-refractivity contribution < 1.29 is 0 Å². The van der Waals surface area contributed by atoms with Gasteiger partial charge in [0.15, 0.2) is 0 Å². The van der Waals surface area contributed by atoms with Crippen molar-refractivity contribution in [3.63, 3.8) is 0 Å². The summed E-state index contributed by atoms with van der Waals surface area (Å²) in [4.78, 5) is 0. The Morgan fingerprint density at radius 1 is 0.314 bits per heavy atom. The largest absolute Gasteiger partial charge is 0.232 e. The highest BCUT2D eigenvalue weighted by molar-refractivity contribution is 5.93. The minimum atomic E-state index is -0.241. The van der Waals surface area contributed by atoms with Crippen molar-refractivity contribution in [2.24, 2.45) is 0 Å².